The van der Waals surface area contributed by atoms with Crippen molar-refractivity contribution in [3.8, 4) is 0 Å². The van der Waals surface area contributed by atoms with Gasteiger partial charge in [-0.1, -0.05) is 19.4 Å². The van der Waals surface area contributed by atoms with Gasteiger partial charge >= 0.3 is 5.97 Å². The zero-order valence-electron chi connectivity index (χ0n) is 14.9. The number of hydrogen-bond acceptors (Lipinski definition) is 4. The molecule has 1 N–H and O–H groups in total. The summed E-state index contributed by atoms with van der Waals surface area (Å²) in [6.07, 6.45) is 3.01. The SMILES string of the molecule is CCCCC(=O)N1CSCC1C(=O)N1CCc2ccc(C(=O)O)cc2C1. The molecule has 0 radical (unpaired) electrons. The summed E-state index contributed by atoms with van der Waals surface area (Å²) in [6.45, 7) is 3.06. The van der Waals surface area contributed by atoms with Crippen molar-refractivity contribution in [1.29, 1.82) is 0 Å². The first-order valence-corrected chi connectivity index (χ1v) is 10.2. The molecule has 2 heterocycles. The van der Waals surface area contributed by atoms with Crippen LogP contribution in [0, 0.1) is 0 Å². The number of carboxylic acids is 1. The second kappa shape index (κ2) is 8.12. The number of carboxylic acid groups (broad SMARTS) is 1. The Kier molecular flexibility index (Phi) is 5.86. The molecule has 0 spiro atoms. The van der Waals surface area contributed by atoms with Crippen molar-refractivity contribution in [2.45, 2.75) is 45.2 Å². The molecule has 1 aromatic carbocycles. The summed E-state index contributed by atoms with van der Waals surface area (Å²) in [7, 11) is 0. The van der Waals surface area contributed by atoms with Crippen LogP contribution in [0.1, 0.15) is 47.7 Å². The third-order valence-corrected chi connectivity index (χ3v) is 6.02. The second-order valence-corrected chi connectivity index (χ2v) is 7.78. The quantitative estimate of drug-likeness (QED) is 0.854. The average Bonchev–Trinajstić information content (AvgIpc) is 3.14. The van der Waals surface area contributed by atoms with Crippen molar-refractivity contribution >= 4 is 29.5 Å². The Bertz CT molecular complexity index is 721. The van der Waals surface area contributed by atoms with E-state index in [1.807, 2.05) is 13.0 Å². The van der Waals surface area contributed by atoms with Crippen LogP contribution in [-0.4, -0.2) is 56.9 Å². The Labute approximate surface area is 157 Å². The molecule has 2 aliphatic rings. The van der Waals surface area contributed by atoms with Gasteiger partial charge in [0.25, 0.3) is 0 Å². The fourth-order valence-electron chi connectivity index (χ4n) is 3.45. The van der Waals surface area contributed by atoms with E-state index in [1.165, 1.54) is 0 Å². The number of thioether (sulfide) groups is 1. The predicted molar refractivity (Wildman–Crippen MR) is 100 cm³/mol. The molecule has 140 valence electrons. The third kappa shape index (κ3) is 3.87. The number of benzene rings is 1. The monoisotopic (exact) mass is 376 g/mol. The molecule has 2 amide bonds. The zero-order valence-corrected chi connectivity index (χ0v) is 15.8. The molecule has 0 saturated carbocycles. The molecule has 2 aliphatic heterocycles. The highest BCUT2D eigenvalue weighted by molar-refractivity contribution is 7.99. The number of fused-ring (bicyclic) bond motifs is 1. The molecule has 1 unspecified atom stereocenters. The molecular formula is C19H24N2O4S. The van der Waals surface area contributed by atoms with Crippen LogP contribution in [-0.2, 0) is 22.6 Å². The van der Waals surface area contributed by atoms with E-state index >= 15 is 0 Å². The normalized spacial score (nSPS) is 19.3. The third-order valence-electron chi connectivity index (χ3n) is 5.01. The average molecular weight is 376 g/mol. The Hall–Kier alpha value is -2.02. The van der Waals surface area contributed by atoms with Crippen LogP contribution in [0.3, 0.4) is 0 Å². The van der Waals surface area contributed by atoms with Crippen molar-refractivity contribution in [2.24, 2.45) is 0 Å². The van der Waals surface area contributed by atoms with E-state index in [0.717, 1.165) is 24.0 Å². The molecule has 6 nitrogen and oxygen atoms in total. The number of nitrogens with zero attached hydrogens (tertiary/aromatic N) is 2. The lowest BCUT2D eigenvalue weighted by Gasteiger charge is -2.33. The van der Waals surface area contributed by atoms with Crippen molar-refractivity contribution < 1.29 is 19.5 Å². The van der Waals surface area contributed by atoms with Crippen molar-refractivity contribution in [1.82, 2.24) is 9.80 Å². The van der Waals surface area contributed by atoms with Gasteiger partial charge in [0.05, 0.1) is 11.4 Å². The van der Waals surface area contributed by atoms with Gasteiger partial charge in [-0.15, -0.1) is 11.8 Å². The first-order chi connectivity index (χ1) is 12.5. The maximum atomic E-state index is 13.0. The summed E-state index contributed by atoms with van der Waals surface area (Å²) >= 11 is 1.62. The molecule has 0 aromatic heterocycles. The topological polar surface area (TPSA) is 77.9 Å². The van der Waals surface area contributed by atoms with Gasteiger partial charge in [-0.25, -0.2) is 4.79 Å². The van der Waals surface area contributed by atoms with Gasteiger partial charge in [0, 0.05) is 25.3 Å². The van der Waals surface area contributed by atoms with Gasteiger partial charge in [0.2, 0.25) is 11.8 Å². The maximum absolute atomic E-state index is 13.0. The molecule has 1 atom stereocenters. The maximum Gasteiger partial charge on any atom is 0.335 e. The van der Waals surface area contributed by atoms with Crippen LogP contribution in [0.25, 0.3) is 0 Å². The van der Waals surface area contributed by atoms with E-state index in [1.54, 1.807) is 33.7 Å². The lowest BCUT2D eigenvalue weighted by molar-refractivity contribution is -0.144. The molecule has 1 fully saturated rings. The van der Waals surface area contributed by atoms with Crippen LogP contribution >= 0.6 is 11.8 Å². The van der Waals surface area contributed by atoms with E-state index < -0.39 is 12.0 Å². The van der Waals surface area contributed by atoms with Gasteiger partial charge in [0.1, 0.15) is 6.04 Å². The highest BCUT2D eigenvalue weighted by atomic mass is 32.2. The minimum Gasteiger partial charge on any atom is -0.478 e. The van der Waals surface area contributed by atoms with Crippen molar-refractivity contribution in [3.63, 3.8) is 0 Å². The lowest BCUT2D eigenvalue weighted by atomic mass is 9.97. The van der Waals surface area contributed by atoms with Crippen molar-refractivity contribution in [2.75, 3.05) is 18.2 Å². The summed E-state index contributed by atoms with van der Waals surface area (Å²) in [4.78, 5) is 40.1. The molecule has 0 bridgehead atoms. The van der Waals surface area contributed by atoms with Crippen LogP contribution in [0.2, 0.25) is 0 Å². The van der Waals surface area contributed by atoms with Gasteiger partial charge in [0.15, 0.2) is 0 Å². The molecule has 0 aliphatic carbocycles. The smallest absolute Gasteiger partial charge is 0.335 e. The van der Waals surface area contributed by atoms with Gasteiger partial charge in [-0.3, -0.25) is 9.59 Å². The Balaban J connectivity index is 1.71. The molecule has 1 aromatic rings. The number of aromatic carboxylic acids is 1. The van der Waals surface area contributed by atoms with E-state index in [-0.39, 0.29) is 17.4 Å². The van der Waals surface area contributed by atoms with Crippen molar-refractivity contribution in [3.05, 3.63) is 34.9 Å². The predicted octanol–water partition coefficient (Wildman–Crippen LogP) is 2.36. The standard InChI is InChI=1S/C19H24N2O4S/c1-2-3-4-17(22)21-12-26-11-16(21)18(23)20-8-7-13-5-6-14(19(24)25)9-15(13)10-20/h5-6,9,16H,2-4,7-8,10-12H2,1H3,(H,24,25). The van der Waals surface area contributed by atoms with E-state index in [4.69, 9.17) is 0 Å². The second-order valence-electron chi connectivity index (χ2n) is 6.78. The minimum atomic E-state index is -0.962. The number of carbonyl (C=O) groups is 3. The zero-order chi connectivity index (χ0) is 18.7. The van der Waals surface area contributed by atoms with Gasteiger partial charge in [-0.2, -0.15) is 0 Å². The summed E-state index contributed by atoms with van der Waals surface area (Å²) in [6, 6.07) is 4.71. The number of hydrogen-bond donors (Lipinski definition) is 1. The van der Waals surface area contributed by atoms with Crippen LogP contribution in [0.15, 0.2) is 18.2 Å². The summed E-state index contributed by atoms with van der Waals surface area (Å²) in [5.74, 6) is 0.282. The first-order valence-electron chi connectivity index (χ1n) is 9.02. The summed E-state index contributed by atoms with van der Waals surface area (Å²) in [5.41, 5.74) is 2.22. The van der Waals surface area contributed by atoms with E-state index in [9.17, 15) is 19.5 Å². The van der Waals surface area contributed by atoms with Crippen LogP contribution < -0.4 is 0 Å². The Morgan fingerprint density at radius 1 is 1.27 bits per heavy atom. The number of unbranched alkanes of at least 4 members (excludes halogenated alkanes) is 1. The summed E-state index contributed by atoms with van der Waals surface area (Å²) < 4.78 is 0. The molecule has 1 saturated heterocycles. The van der Waals surface area contributed by atoms with Gasteiger partial charge in [-0.05, 0) is 36.1 Å². The highest BCUT2D eigenvalue weighted by Crippen LogP contribution is 2.27. The highest BCUT2D eigenvalue weighted by Gasteiger charge is 2.37. The summed E-state index contributed by atoms with van der Waals surface area (Å²) in [5, 5.41) is 9.17. The van der Waals surface area contributed by atoms with E-state index in [2.05, 4.69) is 0 Å². The van der Waals surface area contributed by atoms with E-state index in [0.29, 0.717) is 37.6 Å². The number of carbonyl (C=O) groups excluding carboxylic acids is 2. The Morgan fingerprint density at radius 2 is 2.08 bits per heavy atom. The fourth-order valence-corrected chi connectivity index (χ4v) is 4.63. The number of rotatable bonds is 5. The number of amides is 2. The van der Waals surface area contributed by atoms with Gasteiger partial charge < -0.3 is 14.9 Å². The Morgan fingerprint density at radius 3 is 2.81 bits per heavy atom. The molecular weight excluding hydrogens is 352 g/mol. The largest absolute Gasteiger partial charge is 0.478 e. The molecule has 26 heavy (non-hydrogen) atoms. The van der Waals surface area contributed by atoms with Crippen LogP contribution in [0.4, 0.5) is 0 Å². The molecule has 7 heteroatoms. The fraction of sp³-hybridized carbons (Fsp3) is 0.526. The lowest BCUT2D eigenvalue weighted by Crippen LogP contribution is -2.50. The first kappa shape index (κ1) is 18.8. The molecule has 3 rings (SSSR count). The minimum absolute atomic E-state index is 0.0220. The van der Waals surface area contributed by atoms with Crippen LogP contribution in [0.5, 0.6) is 0 Å².